The number of aromatic nitrogens is 2. The molecular formula is C18H21N3O3S. The molecule has 2 aromatic rings. The van der Waals surface area contributed by atoms with Crippen LogP contribution in [0.1, 0.15) is 34.8 Å². The van der Waals surface area contributed by atoms with Gasteiger partial charge in [0.15, 0.2) is 0 Å². The molecule has 0 bridgehead atoms. The smallest absolute Gasteiger partial charge is 0.338 e. The molecule has 6 nitrogen and oxygen atoms in total. The first-order chi connectivity index (χ1) is 12.0. The van der Waals surface area contributed by atoms with Crippen LogP contribution in [-0.2, 0) is 4.79 Å². The fraction of sp³-hybridized carbons (Fsp3) is 0.389. The van der Waals surface area contributed by atoms with Gasteiger partial charge in [-0.15, -0.1) is 11.8 Å². The summed E-state index contributed by atoms with van der Waals surface area (Å²) in [5.41, 5.74) is 1.41. The lowest BCUT2D eigenvalue weighted by atomic mass is 10.1. The molecule has 1 aromatic heterocycles. The zero-order valence-electron chi connectivity index (χ0n) is 14.1. The largest absolute Gasteiger partial charge is 0.478 e. The third-order valence-electron chi connectivity index (χ3n) is 4.42. The second-order valence-corrected chi connectivity index (χ2v) is 7.28. The van der Waals surface area contributed by atoms with Gasteiger partial charge in [-0.25, -0.2) is 4.79 Å². The predicted octanol–water partition coefficient (Wildman–Crippen LogP) is 2.85. The van der Waals surface area contributed by atoms with E-state index in [0.29, 0.717) is 18.8 Å². The molecule has 0 unspecified atom stereocenters. The molecule has 1 saturated heterocycles. The van der Waals surface area contributed by atoms with Gasteiger partial charge in [-0.1, -0.05) is 17.7 Å². The average molecular weight is 359 g/mol. The molecule has 1 fully saturated rings. The number of carbonyl (C=O) groups excluding carboxylic acids is 1. The maximum absolute atomic E-state index is 12.4. The van der Waals surface area contributed by atoms with Crippen LogP contribution in [0.25, 0.3) is 0 Å². The molecule has 0 saturated carbocycles. The second-order valence-electron chi connectivity index (χ2n) is 6.23. The number of nitrogens with zero attached hydrogens (tertiary/aromatic N) is 3. The molecule has 3 rings (SSSR count). The number of piperidine rings is 1. The number of aryl methyl sites for hydroxylation is 1. The number of thioether (sulfide) groups is 1. The molecule has 25 heavy (non-hydrogen) atoms. The van der Waals surface area contributed by atoms with Crippen molar-refractivity contribution in [2.45, 2.75) is 30.7 Å². The Labute approximate surface area is 150 Å². The fourth-order valence-electron chi connectivity index (χ4n) is 2.90. The standard InChI is InChI=1S/C18H21N3O3S/c1-13-2-4-16(5-3-13)25-12-17(22)20-8-6-15(7-9-20)21-11-14(10-19-21)18(23)24/h2-5,10-11,15H,6-9,12H2,1H3,(H,23,24). The second kappa shape index (κ2) is 7.74. The van der Waals surface area contributed by atoms with Crippen molar-refractivity contribution < 1.29 is 14.7 Å². The number of carboxylic acids is 1. The molecule has 2 heterocycles. The van der Waals surface area contributed by atoms with Crippen LogP contribution in [0.5, 0.6) is 0 Å². The first kappa shape index (κ1) is 17.5. The van der Waals surface area contributed by atoms with Crippen LogP contribution in [0.4, 0.5) is 0 Å². The lowest BCUT2D eigenvalue weighted by molar-refractivity contribution is -0.129. The summed E-state index contributed by atoms with van der Waals surface area (Å²) in [6, 6.07) is 8.33. The van der Waals surface area contributed by atoms with Gasteiger partial charge in [0.2, 0.25) is 5.91 Å². The Morgan fingerprint density at radius 1 is 1.24 bits per heavy atom. The molecule has 7 heteroatoms. The Balaban J connectivity index is 1.48. The van der Waals surface area contributed by atoms with E-state index in [2.05, 4.69) is 5.10 Å². The third-order valence-corrected chi connectivity index (χ3v) is 5.42. The zero-order valence-corrected chi connectivity index (χ0v) is 14.9. The van der Waals surface area contributed by atoms with Gasteiger partial charge in [0, 0.05) is 24.2 Å². The number of hydrogen-bond donors (Lipinski definition) is 1. The van der Waals surface area contributed by atoms with E-state index in [0.717, 1.165) is 17.7 Å². The number of likely N-dealkylation sites (tertiary alicyclic amines) is 1. The van der Waals surface area contributed by atoms with E-state index in [1.165, 1.54) is 11.8 Å². The molecule has 132 valence electrons. The maximum Gasteiger partial charge on any atom is 0.338 e. The number of benzene rings is 1. The molecule has 0 atom stereocenters. The number of carboxylic acid groups (broad SMARTS) is 1. The highest BCUT2D eigenvalue weighted by Gasteiger charge is 2.24. The van der Waals surface area contributed by atoms with E-state index in [1.54, 1.807) is 22.6 Å². The highest BCUT2D eigenvalue weighted by molar-refractivity contribution is 8.00. The van der Waals surface area contributed by atoms with Gasteiger partial charge in [0.05, 0.1) is 23.6 Å². The van der Waals surface area contributed by atoms with Gasteiger partial charge in [-0.3, -0.25) is 9.48 Å². The minimum absolute atomic E-state index is 0.149. The normalized spacial score (nSPS) is 15.3. The highest BCUT2D eigenvalue weighted by Crippen LogP contribution is 2.24. The van der Waals surface area contributed by atoms with Crippen LogP contribution in [-0.4, -0.2) is 50.5 Å². The van der Waals surface area contributed by atoms with Crippen LogP contribution in [0, 0.1) is 6.92 Å². The maximum atomic E-state index is 12.4. The van der Waals surface area contributed by atoms with Gasteiger partial charge < -0.3 is 10.0 Å². The van der Waals surface area contributed by atoms with E-state index in [4.69, 9.17) is 5.11 Å². The van der Waals surface area contributed by atoms with Crippen LogP contribution >= 0.6 is 11.8 Å². The number of rotatable bonds is 5. The van der Waals surface area contributed by atoms with Gasteiger partial charge in [-0.05, 0) is 31.9 Å². The molecule has 1 N–H and O–H groups in total. The molecule has 1 aromatic carbocycles. The lowest BCUT2D eigenvalue weighted by Crippen LogP contribution is -2.40. The van der Waals surface area contributed by atoms with E-state index < -0.39 is 5.97 Å². The van der Waals surface area contributed by atoms with Crippen molar-refractivity contribution in [2.24, 2.45) is 0 Å². The number of amides is 1. The van der Waals surface area contributed by atoms with E-state index in [-0.39, 0.29) is 17.5 Å². The summed E-state index contributed by atoms with van der Waals surface area (Å²) >= 11 is 1.56. The van der Waals surface area contributed by atoms with Crippen LogP contribution < -0.4 is 0 Å². The van der Waals surface area contributed by atoms with Gasteiger partial charge in [0.25, 0.3) is 0 Å². The Morgan fingerprint density at radius 3 is 2.52 bits per heavy atom. The Bertz CT molecular complexity index is 749. The summed E-state index contributed by atoms with van der Waals surface area (Å²) < 4.78 is 1.71. The van der Waals surface area contributed by atoms with Gasteiger partial charge in [0.1, 0.15) is 0 Å². The fourth-order valence-corrected chi connectivity index (χ4v) is 3.70. The molecule has 0 aliphatic carbocycles. The van der Waals surface area contributed by atoms with Crippen LogP contribution in [0.2, 0.25) is 0 Å². The van der Waals surface area contributed by atoms with Crippen molar-refractivity contribution in [1.82, 2.24) is 14.7 Å². The topological polar surface area (TPSA) is 75.4 Å². The Hall–Kier alpha value is -2.28. The average Bonchev–Trinajstić information content (AvgIpc) is 3.11. The summed E-state index contributed by atoms with van der Waals surface area (Å²) in [6.07, 6.45) is 4.53. The quantitative estimate of drug-likeness (QED) is 0.831. The van der Waals surface area contributed by atoms with Gasteiger partial charge in [-0.2, -0.15) is 5.10 Å². The first-order valence-corrected chi connectivity index (χ1v) is 9.26. The van der Waals surface area contributed by atoms with E-state index in [1.807, 2.05) is 36.1 Å². The Morgan fingerprint density at radius 2 is 1.92 bits per heavy atom. The van der Waals surface area contributed by atoms with Crippen molar-refractivity contribution >= 4 is 23.6 Å². The monoisotopic (exact) mass is 359 g/mol. The Kier molecular flexibility index (Phi) is 5.43. The lowest BCUT2D eigenvalue weighted by Gasteiger charge is -2.32. The van der Waals surface area contributed by atoms with E-state index in [9.17, 15) is 9.59 Å². The number of hydrogen-bond acceptors (Lipinski definition) is 4. The molecular weight excluding hydrogens is 338 g/mol. The summed E-state index contributed by atoms with van der Waals surface area (Å²) in [5.74, 6) is -0.374. The van der Waals surface area contributed by atoms with Crippen molar-refractivity contribution in [2.75, 3.05) is 18.8 Å². The van der Waals surface area contributed by atoms with Crippen molar-refractivity contribution in [1.29, 1.82) is 0 Å². The van der Waals surface area contributed by atoms with E-state index >= 15 is 0 Å². The van der Waals surface area contributed by atoms with Crippen molar-refractivity contribution in [3.8, 4) is 0 Å². The third kappa shape index (κ3) is 4.42. The molecule has 0 radical (unpaired) electrons. The first-order valence-electron chi connectivity index (χ1n) is 8.27. The van der Waals surface area contributed by atoms with Gasteiger partial charge >= 0.3 is 5.97 Å². The predicted molar refractivity (Wildman–Crippen MR) is 95.9 cm³/mol. The van der Waals surface area contributed by atoms with Crippen molar-refractivity contribution in [3.05, 3.63) is 47.8 Å². The summed E-state index contributed by atoms with van der Waals surface area (Å²) in [7, 11) is 0. The zero-order chi connectivity index (χ0) is 17.8. The highest BCUT2D eigenvalue weighted by atomic mass is 32.2. The van der Waals surface area contributed by atoms with Crippen LogP contribution in [0.15, 0.2) is 41.6 Å². The minimum Gasteiger partial charge on any atom is -0.478 e. The SMILES string of the molecule is Cc1ccc(SCC(=O)N2CCC(n3cc(C(=O)O)cn3)CC2)cc1. The number of carbonyl (C=O) groups is 2. The number of aromatic carboxylic acids is 1. The molecule has 0 spiro atoms. The van der Waals surface area contributed by atoms with Crippen LogP contribution in [0.3, 0.4) is 0 Å². The molecule has 1 amide bonds. The summed E-state index contributed by atoms with van der Waals surface area (Å²) in [6.45, 7) is 3.41. The molecule has 1 aliphatic rings. The summed E-state index contributed by atoms with van der Waals surface area (Å²) in [5, 5.41) is 13.1. The molecule has 1 aliphatic heterocycles. The summed E-state index contributed by atoms with van der Waals surface area (Å²) in [4.78, 5) is 26.3. The minimum atomic E-state index is -0.966. The van der Waals surface area contributed by atoms with Crippen molar-refractivity contribution in [3.63, 3.8) is 0 Å².